The van der Waals surface area contributed by atoms with Gasteiger partial charge in [-0.15, -0.1) is 10.2 Å². The Balaban J connectivity index is 1.26. The molecule has 2 heterocycles. The summed E-state index contributed by atoms with van der Waals surface area (Å²) >= 11 is 1.18. The predicted octanol–water partition coefficient (Wildman–Crippen LogP) is 2.27. The smallest absolute Gasteiger partial charge is 0.277 e. The highest BCUT2D eigenvalue weighted by atomic mass is 32.2. The standard InChI is InChI=1S/C18H21N3O4S2/c22-16(19-15-5-4-13-2-1-3-14(13)9-15)10-26-18-21-20-17(25-18)8-12-6-7-27(23,24)11-12/h4-5,9,12H,1-3,6-8,10-11H2,(H,19,22)/t12-/m0/s1. The minimum atomic E-state index is -2.91. The Kier molecular flexibility index (Phi) is 5.23. The van der Waals surface area contributed by atoms with Crippen LogP contribution in [0, 0.1) is 5.92 Å². The second-order valence-electron chi connectivity index (χ2n) is 7.11. The lowest BCUT2D eigenvalue weighted by Gasteiger charge is -2.06. The number of hydrogen-bond acceptors (Lipinski definition) is 7. The van der Waals surface area contributed by atoms with Crippen LogP contribution in [-0.2, 0) is 33.9 Å². The number of sulfone groups is 1. The van der Waals surface area contributed by atoms with Crippen LogP contribution in [0.2, 0.25) is 0 Å². The molecule has 1 aliphatic heterocycles. The summed E-state index contributed by atoms with van der Waals surface area (Å²) in [6, 6.07) is 6.07. The van der Waals surface area contributed by atoms with Crippen molar-refractivity contribution in [3.8, 4) is 0 Å². The van der Waals surface area contributed by atoms with E-state index in [-0.39, 0.29) is 29.1 Å². The average molecular weight is 408 g/mol. The SMILES string of the molecule is O=C(CSc1nnc(C[C@@H]2CCS(=O)(=O)C2)o1)Nc1ccc2c(c1)CCC2. The zero-order valence-electron chi connectivity index (χ0n) is 14.8. The summed E-state index contributed by atoms with van der Waals surface area (Å²) in [6.45, 7) is 0. The molecule has 1 aromatic carbocycles. The van der Waals surface area contributed by atoms with Gasteiger partial charge in [-0.1, -0.05) is 17.8 Å². The molecule has 2 aromatic rings. The van der Waals surface area contributed by atoms with E-state index in [0.717, 1.165) is 18.5 Å². The van der Waals surface area contributed by atoms with Crippen LogP contribution in [0.1, 0.15) is 29.9 Å². The van der Waals surface area contributed by atoms with Crippen LogP contribution in [0.3, 0.4) is 0 Å². The molecule has 4 rings (SSSR count). The molecule has 1 atom stereocenters. The van der Waals surface area contributed by atoms with Crippen molar-refractivity contribution in [1.82, 2.24) is 10.2 Å². The molecule has 7 nitrogen and oxygen atoms in total. The monoisotopic (exact) mass is 407 g/mol. The minimum Gasteiger partial charge on any atom is -0.416 e. The number of carbonyl (C=O) groups excluding carboxylic acids is 1. The first-order valence-corrected chi connectivity index (χ1v) is 11.8. The minimum absolute atomic E-state index is 0.0383. The Morgan fingerprint density at radius 2 is 2.11 bits per heavy atom. The van der Waals surface area contributed by atoms with Crippen LogP contribution in [-0.4, -0.2) is 41.8 Å². The summed E-state index contributed by atoms with van der Waals surface area (Å²) in [4.78, 5) is 12.2. The number of aryl methyl sites for hydroxylation is 2. The molecule has 0 saturated carbocycles. The zero-order chi connectivity index (χ0) is 18.9. The van der Waals surface area contributed by atoms with Gasteiger partial charge in [-0.25, -0.2) is 8.42 Å². The Morgan fingerprint density at radius 1 is 1.26 bits per heavy atom. The molecule has 1 saturated heterocycles. The fourth-order valence-electron chi connectivity index (χ4n) is 3.63. The molecule has 144 valence electrons. The summed E-state index contributed by atoms with van der Waals surface area (Å²) in [5.41, 5.74) is 3.50. The molecule has 2 aliphatic rings. The summed E-state index contributed by atoms with van der Waals surface area (Å²) in [6.07, 6.45) is 4.46. The fourth-order valence-corrected chi connectivity index (χ4v) is 6.08. The second-order valence-corrected chi connectivity index (χ2v) is 10.3. The first-order chi connectivity index (χ1) is 13.0. The van der Waals surface area contributed by atoms with Crippen molar-refractivity contribution in [2.24, 2.45) is 5.92 Å². The molecule has 0 bridgehead atoms. The van der Waals surface area contributed by atoms with Gasteiger partial charge < -0.3 is 9.73 Å². The van der Waals surface area contributed by atoms with E-state index in [1.165, 1.54) is 29.3 Å². The third-order valence-electron chi connectivity index (χ3n) is 4.95. The molecule has 1 fully saturated rings. The van der Waals surface area contributed by atoms with Gasteiger partial charge in [-0.2, -0.15) is 0 Å². The third kappa shape index (κ3) is 4.70. The first-order valence-electron chi connectivity index (χ1n) is 9.04. The van der Waals surface area contributed by atoms with E-state index >= 15 is 0 Å². The average Bonchev–Trinajstić information content (AvgIpc) is 3.33. The number of hydrogen-bond donors (Lipinski definition) is 1. The van der Waals surface area contributed by atoms with E-state index in [1.807, 2.05) is 12.1 Å². The van der Waals surface area contributed by atoms with Gasteiger partial charge in [-0.3, -0.25) is 4.79 Å². The molecular formula is C18H21N3O4S2. The Bertz CT molecular complexity index is 955. The summed E-state index contributed by atoms with van der Waals surface area (Å²) in [7, 11) is -2.91. The lowest BCUT2D eigenvalue weighted by molar-refractivity contribution is -0.113. The number of benzene rings is 1. The van der Waals surface area contributed by atoms with Crippen molar-refractivity contribution in [1.29, 1.82) is 0 Å². The van der Waals surface area contributed by atoms with Gasteiger partial charge in [0.2, 0.25) is 11.8 Å². The molecule has 9 heteroatoms. The molecule has 0 spiro atoms. The highest BCUT2D eigenvalue weighted by Gasteiger charge is 2.29. The molecule has 0 unspecified atom stereocenters. The van der Waals surface area contributed by atoms with Crippen LogP contribution in [0.15, 0.2) is 27.8 Å². The fraction of sp³-hybridized carbons (Fsp3) is 0.500. The number of carbonyl (C=O) groups is 1. The molecule has 27 heavy (non-hydrogen) atoms. The maximum atomic E-state index is 12.2. The van der Waals surface area contributed by atoms with Crippen molar-refractivity contribution in [3.05, 3.63) is 35.2 Å². The van der Waals surface area contributed by atoms with Gasteiger partial charge in [0.25, 0.3) is 5.22 Å². The molecule has 1 aromatic heterocycles. The summed E-state index contributed by atoms with van der Waals surface area (Å²) in [5, 5.41) is 11.1. The van der Waals surface area contributed by atoms with Crippen molar-refractivity contribution in [2.45, 2.75) is 37.3 Å². The van der Waals surface area contributed by atoms with Gasteiger partial charge in [0.15, 0.2) is 9.84 Å². The number of fused-ring (bicyclic) bond motifs is 1. The Morgan fingerprint density at radius 3 is 2.93 bits per heavy atom. The van der Waals surface area contributed by atoms with Crippen LogP contribution < -0.4 is 5.32 Å². The van der Waals surface area contributed by atoms with Crippen LogP contribution in [0.4, 0.5) is 5.69 Å². The normalized spacial score (nSPS) is 20.5. The van der Waals surface area contributed by atoms with Gasteiger partial charge in [0, 0.05) is 12.1 Å². The van der Waals surface area contributed by atoms with E-state index < -0.39 is 9.84 Å². The number of anilines is 1. The van der Waals surface area contributed by atoms with Crippen LogP contribution in [0.25, 0.3) is 0 Å². The molecule has 1 aliphatic carbocycles. The second kappa shape index (κ2) is 7.63. The van der Waals surface area contributed by atoms with E-state index in [9.17, 15) is 13.2 Å². The number of nitrogens with zero attached hydrogens (tertiary/aromatic N) is 2. The lowest BCUT2D eigenvalue weighted by atomic mass is 10.1. The third-order valence-corrected chi connectivity index (χ3v) is 7.60. The number of thioether (sulfide) groups is 1. The number of amides is 1. The van der Waals surface area contributed by atoms with Crippen molar-refractivity contribution in [3.63, 3.8) is 0 Å². The van der Waals surface area contributed by atoms with E-state index in [1.54, 1.807) is 0 Å². The van der Waals surface area contributed by atoms with Crippen LogP contribution >= 0.6 is 11.8 Å². The Hall–Kier alpha value is -1.87. The maximum Gasteiger partial charge on any atom is 0.277 e. The van der Waals surface area contributed by atoms with E-state index in [4.69, 9.17) is 4.42 Å². The predicted molar refractivity (Wildman–Crippen MR) is 103 cm³/mol. The van der Waals surface area contributed by atoms with E-state index in [2.05, 4.69) is 21.6 Å². The Labute approximate surface area is 162 Å². The molecular weight excluding hydrogens is 386 g/mol. The zero-order valence-corrected chi connectivity index (χ0v) is 16.4. The van der Waals surface area contributed by atoms with E-state index in [0.29, 0.717) is 24.0 Å². The number of aromatic nitrogens is 2. The number of rotatable bonds is 6. The summed E-state index contributed by atoms with van der Waals surface area (Å²) < 4.78 is 28.6. The van der Waals surface area contributed by atoms with Crippen molar-refractivity contribution in [2.75, 3.05) is 22.6 Å². The first kappa shape index (κ1) is 18.5. The topological polar surface area (TPSA) is 102 Å². The van der Waals surface area contributed by atoms with Crippen LogP contribution in [0.5, 0.6) is 0 Å². The van der Waals surface area contributed by atoms with Crippen molar-refractivity contribution < 1.29 is 17.6 Å². The van der Waals surface area contributed by atoms with Gasteiger partial charge >= 0.3 is 0 Å². The maximum absolute atomic E-state index is 12.2. The van der Waals surface area contributed by atoms with Gasteiger partial charge in [-0.05, 0) is 54.9 Å². The molecule has 0 radical (unpaired) electrons. The van der Waals surface area contributed by atoms with Crippen molar-refractivity contribution >= 4 is 33.2 Å². The molecule has 1 N–H and O–H groups in total. The van der Waals surface area contributed by atoms with Gasteiger partial charge in [0.05, 0.1) is 17.3 Å². The quantitative estimate of drug-likeness (QED) is 0.733. The highest BCUT2D eigenvalue weighted by Crippen LogP contribution is 2.26. The largest absolute Gasteiger partial charge is 0.416 e. The number of nitrogens with one attached hydrogen (secondary N) is 1. The van der Waals surface area contributed by atoms with Gasteiger partial charge in [0.1, 0.15) is 0 Å². The molecule has 1 amide bonds. The highest BCUT2D eigenvalue weighted by molar-refractivity contribution is 7.99. The summed E-state index contributed by atoms with van der Waals surface area (Å²) in [5.74, 6) is 0.933. The lowest BCUT2D eigenvalue weighted by Crippen LogP contribution is -2.14.